The molecule has 88 valence electrons. The molecular weight excluding hydrogens is 236 g/mol. The van der Waals surface area contributed by atoms with Crippen molar-refractivity contribution in [1.82, 2.24) is 5.32 Å². The van der Waals surface area contributed by atoms with Gasteiger partial charge in [0, 0.05) is 22.5 Å². The van der Waals surface area contributed by atoms with E-state index < -0.39 is 0 Å². The quantitative estimate of drug-likeness (QED) is 0.805. The van der Waals surface area contributed by atoms with Gasteiger partial charge in [0.25, 0.3) is 5.91 Å². The monoisotopic (exact) mass is 248 g/mol. The summed E-state index contributed by atoms with van der Waals surface area (Å²) in [4.78, 5) is 11.6. The molecule has 1 amide bonds. The van der Waals surface area contributed by atoms with Crippen LogP contribution in [0.4, 0.5) is 0 Å². The molecule has 0 bridgehead atoms. The molecule has 0 radical (unpaired) electrons. The summed E-state index contributed by atoms with van der Waals surface area (Å²) in [6.45, 7) is 3.51. The van der Waals surface area contributed by atoms with Crippen LogP contribution >= 0.6 is 11.6 Å². The van der Waals surface area contributed by atoms with Gasteiger partial charge in [0.05, 0.1) is 0 Å². The van der Waals surface area contributed by atoms with E-state index >= 15 is 0 Å². The highest BCUT2D eigenvalue weighted by Gasteiger charge is 2.01. The summed E-state index contributed by atoms with van der Waals surface area (Å²) in [6.07, 6.45) is 6.26. The molecule has 0 saturated heterocycles. The predicted octanol–water partition coefficient (Wildman–Crippen LogP) is 2.61. The average Bonchev–Trinajstić information content (AvgIpc) is 2.30. The highest BCUT2D eigenvalue weighted by molar-refractivity contribution is 6.30. The van der Waals surface area contributed by atoms with Crippen LogP contribution < -0.4 is 11.1 Å². The first kappa shape index (κ1) is 13.1. The van der Waals surface area contributed by atoms with Crippen LogP contribution in [0.1, 0.15) is 10.4 Å². The second-order valence-corrected chi connectivity index (χ2v) is 3.65. The van der Waals surface area contributed by atoms with Gasteiger partial charge in [-0.25, -0.2) is 0 Å². The van der Waals surface area contributed by atoms with Gasteiger partial charge >= 0.3 is 0 Å². The first-order chi connectivity index (χ1) is 8.13. The van der Waals surface area contributed by atoms with Crippen molar-refractivity contribution in [1.29, 1.82) is 0 Å². The van der Waals surface area contributed by atoms with E-state index in [-0.39, 0.29) is 5.91 Å². The van der Waals surface area contributed by atoms with E-state index in [1.165, 1.54) is 6.20 Å². The maximum absolute atomic E-state index is 11.6. The Balaban J connectivity index is 2.59. The minimum atomic E-state index is -0.218. The number of nitrogens with one attached hydrogen (secondary N) is 1. The average molecular weight is 249 g/mol. The van der Waals surface area contributed by atoms with Crippen LogP contribution in [0, 0.1) is 0 Å². The highest BCUT2D eigenvalue weighted by Crippen LogP contribution is 2.09. The fraction of sp³-hybridized carbons (Fsp3) is 0. The number of hydrogen-bond donors (Lipinski definition) is 2. The smallest absolute Gasteiger partial charge is 0.255 e. The maximum atomic E-state index is 11.6. The van der Waals surface area contributed by atoms with Crippen molar-refractivity contribution in [3.05, 3.63) is 71.6 Å². The Labute approximate surface area is 105 Å². The number of amides is 1. The van der Waals surface area contributed by atoms with Crippen molar-refractivity contribution in [2.24, 2.45) is 5.73 Å². The molecule has 1 aromatic rings. The normalized spacial score (nSPS) is 11.5. The second-order valence-electron chi connectivity index (χ2n) is 3.22. The minimum absolute atomic E-state index is 0.218. The number of benzene rings is 1. The van der Waals surface area contributed by atoms with E-state index in [2.05, 4.69) is 11.9 Å². The summed E-state index contributed by atoms with van der Waals surface area (Å²) >= 11 is 5.72. The molecule has 0 heterocycles. The molecule has 0 aromatic heterocycles. The topological polar surface area (TPSA) is 55.1 Å². The van der Waals surface area contributed by atoms with Crippen LogP contribution in [0.5, 0.6) is 0 Å². The number of allylic oxidation sites excluding steroid dienone is 3. The first-order valence-electron chi connectivity index (χ1n) is 4.94. The standard InChI is InChI=1S/C13H13ClN2O/c1-2-3-12(15)8-9-16-13(17)10-4-6-11(14)7-5-10/h2-9H,1,15H2,(H,16,17)/b9-8+,12-3+. The molecule has 0 unspecified atom stereocenters. The van der Waals surface area contributed by atoms with Gasteiger partial charge in [0.2, 0.25) is 0 Å². The van der Waals surface area contributed by atoms with E-state index in [4.69, 9.17) is 17.3 Å². The Morgan fingerprint density at radius 3 is 2.59 bits per heavy atom. The van der Waals surface area contributed by atoms with Crippen LogP contribution in [0.15, 0.2) is 61.0 Å². The molecule has 1 aromatic carbocycles. The lowest BCUT2D eigenvalue weighted by Crippen LogP contribution is -2.17. The van der Waals surface area contributed by atoms with Crippen LogP contribution in [0.25, 0.3) is 0 Å². The van der Waals surface area contributed by atoms with Crippen molar-refractivity contribution >= 4 is 17.5 Å². The van der Waals surface area contributed by atoms with Crippen molar-refractivity contribution < 1.29 is 4.79 Å². The zero-order valence-corrected chi connectivity index (χ0v) is 9.95. The largest absolute Gasteiger partial charge is 0.399 e. The molecule has 17 heavy (non-hydrogen) atoms. The van der Waals surface area contributed by atoms with Gasteiger partial charge in [-0.15, -0.1) is 0 Å². The van der Waals surface area contributed by atoms with E-state index in [0.717, 1.165) is 0 Å². The zero-order chi connectivity index (χ0) is 12.7. The SMILES string of the molecule is C=C/C=C(N)\C=C\NC(=O)c1ccc(Cl)cc1. The summed E-state index contributed by atoms with van der Waals surface area (Å²) in [5.74, 6) is -0.218. The first-order valence-corrected chi connectivity index (χ1v) is 5.32. The van der Waals surface area contributed by atoms with E-state index in [1.807, 2.05) is 0 Å². The van der Waals surface area contributed by atoms with Crippen molar-refractivity contribution in [3.63, 3.8) is 0 Å². The van der Waals surface area contributed by atoms with Crippen molar-refractivity contribution in [2.45, 2.75) is 0 Å². The van der Waals surface area contributed by atoms with Crippen molar-refractivity contribution in [3.8, 4) is 0 Å². The third-order valence-corrected chi connectivity index (χ3v) is 2.16. The zero-order valence-electron chi connectivity index (χ0n) is 9.19. The lowest BCUT2D eigenvalue weighted by molar-refractivity contribution is 0.0970. The maximum Gasteiger partial charge on any atom is 0.255 e. The van der Waals surface area contributed by atoms with E-state index in [1.54, 1.807) is 42.5 Å². The molecule has 3 nitrogen and oxygen atoms in total. The van der Waals surface area contributed by atoms with Gasteiger partial charge in [-0.2, -0.15) is 0 Å². The fourth-order valence-electron chi connectivity index (χ4n) is 1.09. The van der Waals surface area contributed by atoms with E-state index in [9.17, 15) is 4.79 Å². The highest BCUT2D eigenvalue weighted by atomic mass is 35.5. The molecule has 0 aliphatic heterocycles. The van der Waals surface area contributed by atoms with Gasteiger partial charge in [-0.05, 0) is 36.4 Å². The molecule has 0 spiro atoms. The Hall–Kier alpha value is -2.00. The molecule has 4 heteroatoms. The van der Waals surface area contributed by atoms with Gasteiger partial charge < -0.3 is 11.1 Å². The molecule has 0 atom stereocenters. The summed E-state index contributed by atoms with van der Waals surface area (Å²) in [5, 5.41) is 3.18. The number of nitrogens with two attached hydrogens (primary N) is 1. The molecular formula is C13H13ClN2O. The van der Waals surface area contributed by atoms with Crippen LogP contribution in [-0.4, -0.2) is 5.91 Å². The summed E-state index contributed by atoms with van der Waals surface area (Å²) in [6, 6.07) is 6.61. The Morgan fingerprint density at radius 1 is 1.35 bits per heavy atom. The van der Waals surface area contributed by atoms with Gasteiger partial charge in [-0.3, -0.25) is 4.79 Å². The van der Waals surface area contributed by atoms with Gasteiger partial charge in [0.15, 0.2) is 0 Å². The summed E-state index contributed by atoms with van der Waals surface area (Å²) < 4.78 is 0. The number of carbonyl (C=O) groups is 1. The summed E-state index contributed by atoms with van der Waals surface area (Å²) in [5.41, 5.74) is 6.61. The van der Waals surface area contributed by atoms with Crippen LogP contribution in [0.2, 0.25) is 5.02 Å². The molecule has 0 aliphatic carbocycles. The Bertz CT molecular complexity index is 461. The lowest BCUT2D eigenvalue weighted by atomic mass is 10.2. The Morgan fingerprint density at radius 2 is 2.00 bits per heavy atom. The third kappa shape index (κ3) is 4.57. The third-order valence-electron chi connectivity index (χ3n) is 1.91. The fourth-order valence-corrected chi connectivity index (χ4v) is 1.22. The minimum Gasteiger partial charge on any atom is -0.399 e. The molecule has 0 saturated carbocycles. The van der Waals surface area contributed by atoms with Gasteiger partial charge in [0.1, 0.15) is 0 Å². The van der Waals surface area contributed by atoms with Crippen molar-refractivity contribution in [2.75, 3.05) is 0 Å². The van der Waals surface area contributed by atoms with Gasteiger partial charge in [-0.1, -0.05) is 24.3 Å². The molecule has 1 rings (SSSR count). The Kier molecular flexibility index (Phi) is 5.04. The van der Waals surface area contributed by atoms with Crippen LogP contribution in [-0.2, 0) is 0 Å². The second kappa shape index (κ2) is 6.55. The summed E-state index contributed by atoms with van der Waals surface area (Å²) in [7, 11) is 0. The predicted molar refractivity (Wildman–Crippen MR) is 70.5 cm³/mol. The number of rotatable bonds is 4. The molecule has 0 fully saturated rings. The van der Waals surface area contributed by atoms with E-state index in [0.29, 0.717) is 16.3 Å². The van der Waals surface area contributed by atoms with Crippen LogP contribution in [0.3, 0.4) is 0 Å². The number of halogens is 1. The molecule has 3 N–H and O–H groups in total. The molecule has 0 aliphatic rings. The lowest BCUT2D eigenvalue weighted by Gasteiger charge is -2.00. The number of hydrogen-bond acceptors (Lipinski definition) is 2. The number of carbonyl (C=O) groups excluding carboxylic acids is 1.